The van der Waals surface area contributed by atoms with Crippen LogP contribution in [0, 0.1) is 13.8 Å². The van der Waals surface area contributed by atoms with Gasteiger partial charge in [-0.05, 0) is 44.4 Å². The molecule has 4 nitrogen and oxygen atoms in total. The molecule has 1 amide bonds. The lowest BCUT2D eigenvalue weighted by atomic mass is 10.1. The van der Waals surface area contributed by atoms with Crippen LogP contribution in [0.3, 0.4) is 0 Å². The molecule has 1 atom stereocenters. The van der Waals surface area contributed by atoms with Crippen molar-refractivity contribution in [3.05, 3.63) is 45.4 Å². The molecule has 0 aliphatic carbocycles. The molecule has 1 N–H and O–H groups in total. The molecule has 5 heteroatoms. The van der Waals surface area contributed by atoms with E-state index < -0.39 is 0 Å². The van der Waals surface area contributed by atoms with Gasteiger partial charge in [-0.25, -0.2) is 4.98 Å². The van der Waals surface area contributed by atoms with Crippen LogP contribution in [-0.2, 0) is 6.61 Å². The van der Waals surface area contributed by atoms with E-state index in [0.29, 0.717) is 12.3 Å². The van der Waals surface area contributed by atoms with Crippen LogP contribution in [-0.4, -0.2) is 16.9 Å². The third-order valence-electron chi connectivity index (χ3n) is 3.68. The highest BCUT2D eigenvalue weighted by atomic mass is 32.1. The molecule has 1 heterocycles. The summed E-state index contributed by atoms with van der Waals surface area (Å²) in [4.78, 5) is 16.3. The molecular weight excluding hydrogens is 296 g/mol. The smallest absolute Gasteiger partial charge is 0.270 e. The van der Waals surface area contributed by atoms with Crippen LogP contribution >= 0.6 is 11.3 Å². The molecule has 2 aromatic rings. The van der Waals surface area contributed by atoms with Crippen molar-refractivity contribution in [2.75, 3.05) is 0 Å². The van der Waals surface area contributed by atoms with E-state index in [9.17, 15) is 4.79 Å². The minimum Gasteiger partial charge on any atom is -0.486 e. The summed E-state index contributed by atoms with van der Waals surface area (Å²) in [6.45, 7) is 8.50. The predicted molar refractivity (Wildman–Crippen MR) is 89.6 cm³/mol. The maximum absolute atomic E-state index is 12.0. The average Bonchev–Trinajstić information content (AvgIpc) is 2.97. The van der Waals surface area contributed by atoms with E-state index >= 15 is 0 Å². The number of amides is 1. The van der Waals surface area contributed by atoms with E-state index in [0.717, 1.165) is 22.7 Å². The number of aromatic nitrogens is 1. The molecule has 1 aromatic carbocycles. The quantitative estimate of drug-likeness (QED) is 0.879. The Morgan fingerprint density at radius 1 is 1.41 bits per heavy atom. The van der Waals surface area contributed by atoms with Crippen LogP contribution in [0.2, 0.25) is 0 Å². The number of rotatable bonds is 6. The first-order valence-electron chi connectivity index (χ1n) is 7.45. The second-order valence-corrected chi connectivity index (χ2v) is 6.34. The third-order valence-corrected chi connectivity index (χ3v) is 4.50. The highest BCUT2D eigenvalue weighted by Crippen LogP contribution is 2.22. The molecule has 2 rings (SSSR count). The second-order valence-electron chi connectivity index (χ2n) is 5.40. The fourth-order valence-corrected chi connectivity index (χ4v) is 2.59. The number of nitrogens with one attached hydrogen (secondary N) is 1. The molecule has 0 saturated heterocycles. The van der Waals surface area contributed by atoms with Gasteiger partial charge >= 0.3 is 0 Å². The van der Waals surface area contributed by atoms with Gasteiger partial charge in [0.2, 0.25) is 0 Å². The summed E-state index contributed by atoms with van der Waals surface area (Å²) in [5.41, 5.74) is 2.80. The summed E-state index contributed by atoms with van der Waals surface area (Å²) in [7, 11) is 0. The second kappa shape index (κ2) is 7.40. The van der Waals surface area contributed by atoms with E-state index in [-0.39, 0.29) is 11.9 Å². The van der Waals surface area contributed by atoms with Crippen molar-refractivity contribution in [1.29, 1.82) is 0 Å². The molecule has 0 unspecified atom stereocenters. The van der Waals surface area contributed by atoms with Crippen molar-refractivity contribution in [2.24, 2.45) is 0 Å². The molecule has 0 fully saturated rings. The summed E-state index contributed by atoms with van der Waals surface area (Å²) in [6, 6.07) is 6.14. The number of hydrogen-bond acceptors (Lipinski definition) is 4. The summed E-state index contributed by atoms with van der Waals surface area (Å²) in [6.07, 6.45) is 0.901. The lowest BCUT2D eigenvalue weighted by Gasteiger charge is -2.10. The van der Waals surface area contributed by atoms with Crippen LogP contribution in [0.5, 0.6) is 5.75 Å². The van der Waals surface area contributed by atoms with Crippen molar-refractivity contribution in [3.63, 3.8) is 0 Å². The number of carbonyl (C=O) groups is 1. The van der Waals surface area contributed by atoms with E-state index in [1.165, 1.54) is 16.9 Å². The number of thiazole rings is 1. The van der Waals surface area contributed by atoms with E-state index in [1.54, 1.807) is 5.38 Å². The number of aryl methyl sites for hydroxylation is 1. The van der Waals surface area contributed by atoms with Gasteiger partial charge in [-0.15, -0.1) is 11.3 Å². The van der Waals surface area contributed by atoms with Gasteiger partial charge in [0.15, 0.2) is 0 Å². The minimum atomic E-state index is -0.122. The summed E-state index contributed by atoms with van der Waals surface area (Å²) in [5.74, 6) is 0.740. The highest BCUT2D eigenvalue weighted by Gasteiger charge is 2.13. The first-order valence-corrected chi connectivity index (χ1v) is 8.33. The van der Waals surface area contributed by atoms with Crippen LogP contribution in [0.15, 0.2) is 23.6 Å². The van der Waals surface area contributed by atoms with Crippen LogP contribution in [0.4, 0.5) is 0 Å². The van der Waals surface area contributed by atoms with Crippen molar-refractivity contribution >= 4 is 17.2 Å². The van der Waals surface area contributed by atoms with Crippen molar-refractivity contribution in [1.82, 2.24) is 10.3 Å². The van der Waals surface area contributed by atoms with Crippen molar-refractivity contribution < 1.29 is 9.53 Å². The normalized spacial score (nSPS) is 12.0. The first kappa shape index (κ1) is 16.5. The van der Waals surface area contributed by atoms with Gasteiger partial charge in [-0.3, -0.25) is 4.79 Å². The maximum atomic E-state index is 12.0. The monoisotopic (exact) mass is 318 g/mol. The number of ether oxygens (including phenoxy) is 1. The zero-order valence-electron chi connectivity index (χ0n) is 13.5. The molecule has 118 valence electrons. The predicted octanol–water partition coefficient (Wildman–Crippen LogP) is 3.87. The van der Waals surface area contributed by atoms with Gasteiger partial charge in [0.25, 0.3) is 5.91 Å². The lowest BCUT2D eigenvalue weighted by molar-refractivity contribution is 0.0934. The average molecular weight is 318 g/mol. The Morgan fingerprint density at radius 3 is 2.91 bits per heavy atom. The fraction of sp³-hybridized carbons (Fsp3) is 0.412. The van der Waals surface area contributed by atoms with E-state index in [2.05, 4.69) is 23.3 Å². The van der Waals surface area contributed by atoms with Crippen LogP contribution in [0.1, 0.15) is 46.9 Å². The third kappa shape index (κ3) is 4.07. The zero-order chi connectivity index (χ0) is 16.1. The van der Waals surface area contributed by atoms with Crippen molar-refractivity contribution in [2.45, 2.75) is 46.8 Å². The summed E-state index contributed by atoms with van der Waals surface area (Å²) < 4.78 is 5.82. The minimum absolute atomic E-state index is 0.122. The maximum Gasteiger partial charge on any atom is 0.270 e. The van der Waals surface area contributed by atoms with Gasteiger partial charge in [0.05, 0.1) is 0 Å². The molecule has 0 bridgehead atoms. The number of nitrogens with zero attached hydrogens (tertiary/aromatic N) is 1. The Morgan fingerprint density at radius 2 is 2.18 bits per heavy atom. The van der Waals surface area contributed by atoms with Crippen molar-refractivity contribution in [3.8, 4) is 5.75 Å². The lowest BCUT2D eigenvalue weighted by Crippen LogP contribution is -2.32. The Hall–Kier alpha value is -1.88. The molecule has 0 aliphatic heterocycles. The molecule has 1 aromatic heterocycles. The number of carbonyl (C=O) groups excluding carboxylic acids is 1. The number of benzene rings is 1. The number of hydrogen-bond donors (Lipinski definition) is 1. The molecule has 0 spiro atoms. The van der Waals surface area contributed by atoms with Gasteiger partial charge in [0.1, 0.15) is 23.1 Å². The SMILES string of the molecule is CC[C@H](C)NC(=O)c1csc(COc2cccc(C)c2C)n1. The largest absolute Gasteiger partial charge is 0.486 e. The Bertz CT molecular complexity index is 652. The van der Waals surface area contributed by atoms with E-state index in [1.807, 2.05) is 32.9 Å². The van der Waals surface area contributed by atoms with Gasteiger partial charge in [-0.2, -0.15) is 0 Å². The standard InChI is InChI=1S/C17H22N2O2S/c1-5-12(3)18-17(20)14-10-22-16(19-14)9-21-15-8-6-7-11(2)13(15)4/h6-8,10,12H,5,9H2,1-4H3,(H,18,20)/t12-/m0/s1. The Labute approximate surface area is 135 Å². The molecule has 0 saturated carbocycles. The fourth-order valence-electron chi connectivity index (χ4n) is 1.90. The topological polar surface area (TPSA) is 51.2 Å². The molecule has 22 heavy (non-hydrogen) atoms. The van der Waals surface area contributed by atoms with Gasteiger partial charge < -0.3 is 10.1 Å². The van der Waals surface area contributed by atoms with Crippen LogP contribution < -0.4 is 10.1 Å². The Kier molecular flexibility index (Phi) is 5.55. The van der Waals surface area contributed by atoms with Gasteiger partial charge in [-0.1, -0.05) is 19.1 Å². The highest BCUT2D eigenvalue weighted by molar-refractivity contribution is 7.09. The zero-order valence-corrected chi connectivity index (χ0v) is 14.3. The Balaban J connectivity index is 1.97. The van der Waals surface area contributed by atoms with Crippen LogP contribution in [0.25, 0.3) is 0 Å². The first-order chi connectivity index (χ1) is 10.5. The molecule has 0 aliphatic rings. The molecular formula is C17H22N2O2S. The van der Waals surface area contributed by atoms with Gasteiger partial charge in [0, 0.05) is 11.4 Å². The van der Waals surface area contributed by atoms with E-state index in [4.69, 9.17) is 4.74 Å². The summed E-state index contributed by atoms with van der Waals surface area (Å²) >= 11 is 1.44. The molecule has 0 radical (unpaired) electrons. The summed E-state index contributed by atoms with van der Waals surface area (Å²) in [5, 5.41) is 5.49.